The Balaban J connectivity index is 2.20. The smallest absolute Gasteiger partial charge is 0.0657 e. The molecule has 1 saturated heterocycles. The summed E-state index contributed by atoms with van der Waals surface area (Å²) in [6.07, 6.45) is 0.757. The molecular formula is C14H19Cl2NOS. The van der Waals surface area contributed by atoms with Crippen molar-refractivity contribution in [3.8, 4) is 0 Å². The summed E-state index contributed by atoms with van der Waals surface area (Å²) in [6.45, 7) is 0.736. The quantitative estimate of drug-likeness (QED) is 0.872. The molecular weight excluding hydrogens is 301 g/mol. The highest BCUT2D eigenvalue weighted by atomic mass is 35.5. The molecule has 1 unspecified atom stereocenters. The van der Waals surface area contributed by atoms with Crippen molar-refractivity contribution in [2.24, 2.45) is 5.92 Å². The van der Waals surface area contributed by atoms with Crippen LogP contribution in [0.3, 0.4) is 0 Å². The van der Waals surface area contributed by atoms with Crippen LogP contribution >= 0.6 is 35.0 Å². The van der Waals surface area contributed by atoms with E-state index in [1.807, 2.05) is 30.9 Å². The highest BCUT2D eigenvalue weighted by molar-refractivity contribution is 7.99. The van der Waals surface area contributed by atoms with Crippen LogP contribution in [0.15, 0.2) is 18.2 Å². The van der Waals surface area contributed by atoms with Crippen LogP contribution in [0.5, 0.6) is 0 Å². The van der Waals surface area contributed by atoms with Crippen molar-refractivity contribution in [2.45, 2.75) is 18.4 Å². The summed E-state index contributed by atoms with van der Waals surface area (Å²) in [5.74, 6) is 2.62. The van der Waals surface area contributed by atoms with Crippen LogP contribution in [0.4, 0.5) is 0 Å². The van der Waals surface area contributed by atoms with Crippen molar-refractivity contribution in [1.82, 2.24) is 5.32 Å². The van der Waals surface area contributed by atoms with E-state index in [9.17, 15) is 5.11 Å². The zero-order valence-corrected chi connectivity index (χ0v) is 13.2. The van der Waals surface area contributed by atoms with Gasteiger partial charge in [-0.25, -0.2) is 0 Å². The SMILES string of the molecule is CNC[C@@H](c1ccc(Cl)c(Cl)c1)[C@@H](O)C1CCSC1. The summed E-state index contributed by atoms with van der Waals surface area (Å²) in [4.78, 5) is 0. The molecule has 0 aromatic heterocycles. The third kappa shape index (κ3) is 3.79. The van der Waals surface area contributed by atoms with Crippen LogP contribution in [0.25, 0.3) is 0 Å². The molecule has 0 amide bonds. The van der Waals surface area contributed by atoms with Gasteiger partial charge in [0.1, 0.15) is 0 Å². The predicted molar refractivity (Wildman–Crippen MR) is 84.6 cm³/mol. The molecule has 1 heterocycles. The van der Waals surface area contributed by atoms with E-state index in [1.165, 1.54) is 0 Å². The maximum absolute atomic E-state index is 10.6. The fourth-order valence-corrected chi connectivity index (χ4v) is 4.16. The Hall–Kier alpha value is 0.0700. The molecule has 0 bridgehead atoms. The number of rotatable bonds is 5. The molecule has 2 N–H and O–H groups in total. The molecule has 1 aromatic carbocycles. The van der Waals surface area contributed by atoms with Gasteiger partial charge in [0.05, 0.1) is 16.1 Å². The van der Waals surface area contributed by atoms with Crippen LogP contribution in [0.2, 0.25) is 10.0 Å². The van der Waals surface area contributed by atoms with Crippen molar-refractivity contribution in [3.63, 3.8) is 0 Å². The fraction of sp³-hybridized carbons (Fsp3) is 0.571. The molecule has 2 rings (SSSR count). The molecule has 3 atom stereocenters. The maximum Gasteiger partial charge on any atom is 0.0657 e. The molecule has 1 aromatic rings. The topological polar surface area (TPSA) is 32.3 Å². The van der Waals surface area contributed by atoms with Gasteiger partial charge in [-0.15, -0.1) is 0 Å². The first-order valence-corrected chi connectivity index (χ1v) is 8.40. The van der Waals surface area contributed by atoms with Gasteiger partial charge in [-0.2, -0.15) is 11.8 Å². The largest absolute Gasteiger partial charge is 0.392 e. The normalized spacial score (nSPS) is 22.4. The van der Waals surface area contributed by atoms with Gasteiger partial charge in [-0.1, -0.05) is 29.3 Å². The molecule has 19 heavy (non-hydrogen) atoms. The third-order valence-electron chi connectivity index (χ3n) is 3.66. The lowest BCUT2D eigenvalue weighted by molar-refractivity contribution is 0.0913. The molecule has 0 saturated carbocycles. The summed E-state index contributed by atoms with van der Waals surface area (Å²) < 4.78 is 0. The average molecular weight is 320 g/mol. The molecule has 2 nitrogen and oxygen atoms in total. The zero-order chi connectivity index (χ0) is 13.8. The highest BCUT2D eigenvalue weighted by Gasteiger charge is 2.31. The number of nitrogens with one attached hydrogen (secondary N) is 1. The van der Waals surface area contributed by atoms with Gasteiger partial charge in [0.25, 0.3) is 0 Å². The molecule has 5 heteroatoms. The minimum absolute atomic E-state index is 0.0588. The first-order valence-electron chi connectivity index (χ1n) is 6.49. The molecule has 0 spiro atoms. The second-order valence-electron chi connectivity index (χ2n) is 4.95. The minimum atomic E-state index is -0.334. The third-order valence-corrected chi connectivity index (χ3v) is 5.58. The molecule has 1 aliphatic rings. The highest BCUT2D eigenvalue weighted by Crippen LogP contribution is 2.34. The molecule has 1 fully saturated rings. The van der Waals surface area contributed by atoms with Gasteiger partial charge in [0, 0.05) is 12.5 Å². The van der Waals surface area contributed by atoms with E-state index in [-0.39, 0.29) is 12.0 Å². The van der Waals surface area contributed by atoms with E-state index < -0.39 is 0 Å². The van der Waals surface area contributed by atoms with Gasteiger partial charge in [-0.05, 0) is 48.6 Å². The first kappa shape index (κ1) is 15.5. The van der Waals surface area contributed by atoms with E-state index in [2.05, 4.69) is 5.32 Å². The second-order valence-corrected chi connectivity index (χ2v) is 6.92. The first-order chi connectivity index (χ1) is 9.13. The molecule has 0 radical (unpaired) electrons. The lowest BCUT2D eigenvalue weighted by atomic mass is 9.85. The number of aliphatic hydroxyl groups excluding tert-OH is 1. The Kier molecular flexibility index (Phi) is 5.85. The van der Waals surface area contributed by atoms with Crippen molar-refractivity contribution in [1.29, 1.82) is 0 Å². The van der Waals surface area contributed by atoms with E-state index >= 15 is 0 Å². The van der Waals surface area contributed by atoms with Crippen LogP contribution in [-0.4, -0.2) is 36.3 Å². The number of hydrogen-bond donors (Lipinski definition) is 2. The Labute approximate surface area is 128 Å². The maximum atomic E-state index is 10.6. The van der Waals surface area contributed by atoms with Crippen LogP contribution in [-0.2, 0) is 0 Å². The summed E-state index contributed by atoms with van der Waals surface area (Å²) in [5, 5.41) is 14.9. The lowest BCUT2D eigenvalue weighted by Gasteiger charge is -2.27. The van der Waals surface area contributed by atoms with E-state index in [1.54, 1.807) is 6.07 Å². The standard InChI is InChI=1S/C14H19Cl2NOS/c1-17-7-11(14(18)10-4-5-19-8-10)9-2-3-12(15)13(16)6-9/h2-3,6,10-11,14,17-18H,4-5,7-8H2,1H3/t10?,11-,14-/m0/s1. The van der Waals surface area contributed by atoms with Gasteiger partial charge >= 0.3 is 0 Å². The number of thioether (sulfide) groups is 1. The number of aliphatic hydroxyl groups is 1. The zero-order valence-electron chi connectivity index (χ0n) is 10.9. The Morgan fingerprint density at radius 1 is 1.42 bits per heavy atom. The Morgan fingerprint density at radius 2 is 2.21 bits per heavy atom. The van der Waals surface area contributed by atoms with Crippen LogP contribution < -0.4 is 5.32 Å². The molecule has 0 aliphatic carbocycles. The summed E-state index contributed by atoms with van der Waals surface area (Å²) in [6, 6.07) is 5.64. The number of benzene rings is 1. The van der Waals surface area contributed by atoms with E-state index in [0.717, 1.165) is 30.0 Å². The number of hydrogen-bond acceptors (Lipinski definition) is 3. The van der Waals surface area contributed by atoms with E-state index in [4.69, 9.17) is 23.2 Å². The van der Waals surface area contributed by atoms with Crippen LogP contribution in [0, 0.1) is 5.92 Å². The summed E-state index contributed by atoms with van der Waals surface area (Å²) >= 11 is 14.0. The summed E-state index contributed by atoms with van der Waals surface area (Å²) in [7, 11) is 1.90. The van der Waals surface area contributed by atoms with Gasteiger partial charge < -0.3 is 10.4 Å². The summed E-state index contributed by atoms with van der Waals surface area (Å²) in [5.41, 5.74) is 1.05. The van der Waals surface area contributed by atoms with Gasteiger partial charge in [-0.3, -0.25) is 0 Å². The lowest BCUT2D eigenvalue weighted by Crippen LogP contribution is -2.33. The fourth-order valence-electron chi connectivity index (χ4n) is 2.55. The average Bonchev–Trinajstić information content (AvgIpc) is 2.92. The monoisotopic (exact) mass is 319 g/mol. The van der Waals surface area contributed by atoms with Crippen LogP contribution in [0.1, 0.15) is 17.9 Å². The molecule has 106 valence electrons. The van der Waals surface area contributed by atoms with Crippen molar-refractivity contribution in [3.05, 3.63) is 33.8 Å². The number of likely N-dealkylation sites (N-methyl/N-ethyl adjacent to an activating group) is 1. The minimum Gasteiger partial charge on any atom is -0.392 e. The van der Waals surface area contributed by atoms with Crippen molar-refractivity contribution in [2.75, 3.05) is 25.1 Å². The second kappa shape index (κ2) is 7.19. The van der Waals surface area contributed by atoms with Gasteiger partial charge in [0.2, 0.25) is 0 Å². The predicted octanol–water partition coefficient (Wildman–Crippen LogP) is 3.41. The Morgan fingerprint density at radius 3 is 2.79 bits per heavy atom. The number of halogens is 2. The molecule has 1 aliphatic heterocycles. The Bertz CT molecular complexity index is 424. The van der Waals surface area contributed by atoms with E-state index in [0.29, 0.717) is 16.0 Å². The van der Waals surface area contributed by atoms with Gasteiger partial charge in [0.15, 0.2) is 0 Å². The van der Waals surface area contributed by atoms with Crippen molar-refractivity contribution < 1.29 is 5.11 Å². The van der Waals surface area contributed by atoms with Crippen molar-refractivity contribution >= 4 is 35.0 Å².